The summed E-state index contributed by atoms with van der Waals surface area (Å²) in [6, 6.07) is 9.47. The lowest BCUT2D eigenvalue weighted by molar-refractivity contribution is 0.239. The summed E-state index contributed by atoms with van der Waals surface area (Å²) in [7, 11) is 1.65. The van der Waals surface area contributed by atoms with Gasteiger partial charge in [-0.25, -0.2) is 9.97 Å². The van der Waals surface area contributed by atoms with E-state index in [1.165, 1.54) is 0 Å². The Kier molecular flexibility index (Phi) is 5.24. The van der Waals surface area contributed by atoms with Crippen molar-refractivity contribution in [3.05, 3.63) is 48.6 Å². The van der Waals surface area contributed by atoms with E-state index in [1.54, 1.807) is 19.5 Å². The highest BCUT2D eigenvalue weighted by Crippen LogP contribution is 2.20. The zero-order valence-corrected chi connectivity index (χ0v) is 15.3. The summed E-state index contributed by atoms with van der Waals surface area (Å²) in [5.74, 6) is 2.82. The van der Waals surface area contributed by atoms with Crippen molar-refractivity contribution in [1.82, 2.24) is 25.0 Å². The van der Waals surface area contributed by atoms with E-state index in [0.717, 1.165) is 49.9 Å². The van der Waals surface area contributed by atoms with Crippen molar-refractivity contribution in [3.63, 3.8) is 0 Å². The Morgan fingerprint density at radius 3 is 2.63 bits per heavy atom. The lowest BCUT2D eigenvalue weighted by Gasteiger charge is -2.20. The van der Waals surface area contributed by atoms with Crippen LogP contribution in [0.1, 0.15) is 12.3 Å². The normalized spacial score (nSPS) is 15.5. The van der Waals surface area contributed by atoms with Gasteiger partial charge in [0.1, 0.15) is 5.75 Å². The van der Waals surface area contributed by atoms with Gasteiger partial charge in [-0.2, -0.15) is 4.98 Å². The molecular formula is C19H22N6O2. The molecule has 0 atom stereocenters. The second-order valence-corrected chi connectivity index (χ2v) is 6.41. The summed E-state index contributed by atoms with van der Waals surface area (Å²) >= 11 is 0. The molecule has 1 fully saturated rings. The molecule has 1 aliphatic heterocycles. The number of benzene rings is 1. The standard InChI is InChI=1S/C19H22N6O2/c1-26-16-6-4-15(5-7-16)18-22-17(27-23-18)14-24-10-3-11-25(13-12-24)19-20-8-2-9-21-19/h2,4-9H,3,10-14H2,1H3. The van der Waals surface area contributed by atoms with Crippen LogP contribution >= 0.6 is 0 Å². The first-order valence-electron chi connectivity index (χ1n) is 9.03. The largest absolute Gasteiger partial charge is 0.497 e. The molecule has 3 aromatic rings. The second kappa shape index (κ2) is 8.13. The lowest BCUT2D eigenvalue weighted by atomic mass is 10.2. The van der Waals surface area contributed by atoms with Crippen LogP contribution in [0.3, 0.4) is 0 Å². The van der Waals surface area contributed by atoms with Crippen LogP contribution in [0.4, 0.5) is 5.95 Å². The van der Waals surface area contributed by atoms with Gasteiger partial charge in [-0.3, -0.25) is 4.90 Å². The minimum Gasteiger partial charge on any atom is -0.497 e. The SMILES string of the molecule is COc1ccc(-c2noc(CN3CCCN(c4ncccn4)CC3)n2)cc1. The van der Waals surface area contributed by atoms with E-state index in [2.05, 4.69) is 29.9 Å². The predicted molar refractivity (Wildman–Crippen MR) is 100 cm³/mol. The summed E-state index contributed by atoms with van der Waals surface area (Å²) in [5, 5.41) is 4.11. The minimum absolute atomic E-state index is 0.599. The van der Waals surface area contributed by atoms with E-state index in [0.29, 0.717) is 18.3 Å². The molecule has 2 aromatic heterocycles. The third kappa shape index (κ3) is 4.22. The first kappa shape index (κ1) is 17.4. The summed E-state index contributed by atoms with van der Waals surface area (Å²) in [5.41, 5.74) is 0.911. The highest BCUT2D eigenvalue weighted by atomic mass is 16.5. The molecule has 3 heterocycles. The maximum atomic E-state index is 5.46. The van der Waals surface area contributed by atoms with Crippen LogP contribution in [-0.4, -0.2) is 58.3 Å². The van der Waals surface area contributed by atoms with Crippen molar-refractivity contribution in [3.8, 4) is 17.1 Å². The lowest BCUT2D eigenvalue weighted by Crippen LogP contribution is -2.31. The third-order valence-electron chi connectivity index (χ3n) is 4.60. The Bertz CT molecular complexity index is 852. The average molecular weight is 366 g/mol. The van der Waals surface area contributed by atoms with E-state index in [-0.39, 0.29) is 0 Å². The molecule has 140 valence electrons. The number of anilines is 1. The summed E-state index contributed by atoms with van der Waals surface area (Å²) in [6.45, 7) is 4.35. The number of rotatable bonds is 5. The Balaban J connectivity index is 1.37. The van der Waals surface area contributed by atoms with Crippen molar-refractivity contribution in [1.29, 1.82) is 0 Å². The van der Waals surface area contributed by atoms with Crippen LogP contribution in [0, 0.1) is 0 Å². The molecular weight excluding hydrogens is 344 g/mol. The van der Waals surface area contributed by atoms with Crippen LogP contribution in [-0.2, 0) is 6.54 Å². The first-order chi connectivity index (χ1) is 13.3. The summed E-state index contributed by atoms with van der Waals surface area (Å²) < 4.78 is 10.6. The zero-order valence-electron chi connectivity index (χ0n) is 15.3. The maximum absolute atomic E-state index is 5.46. The highest BCUT2D eigenvalue weighted by Gasteiger charge is 2.19. The quantitative estimate of drug-likeness (QED) is 0.680. The third-order valence-corrected chi connectivity index (χ3v) is 4.60. The van der Waals surface area contributed by atoms with E-state index in [9.17, 15) is 0 Å². The summed E-state index contributed by atoms with van der Waals surface area (Å²) in [6.07, 6.45) is 4.60. The monoisotopic (exact) mass is 366 g/mol. The van der Waals surface area contributed by atoms with Gasteiger partial charge in [-0.1, -0.05) is 5.16 Å². The van der Waals surface area contributed by atoms with Gasteiger partial charge in [0.15, 0.2) is 0 Å². The van der Waals surface area contributed by atoms with Crippen molar-refractivity contribution in [2.45, 2.75) is 13.0 Å². The topological polar surface area (TPSA) is 80.4 Å². The fourth-order valence-corrected chi connectivity index (χ4v) is 3.15. The highest BCUT2D eigenvalue weighted by molar-refractivity contribution is 5.55. The van der Waals surface area contributed by atoms with Crippen molar-refractivity contribution in [2.75, 3.05) is 38.2 Å². The van der Waals surface area contributed by atoms with Crippen molar-refractivity contribution >= 4 is 5.95 Å². The van der Waals surface area contributed by atoms with Gasteiger partial charge in [0.05, 0.1) is 13.7 Å². The van der Waals surface area contributed by atoms with E-state index in [4.69, 9.17) is 9.26 Å². The van der Waals surface area contributed by atoms with Crippen LogP contribution in [0.2, 0.25) is 0 Å². The van der Waals surface area contributed by atoms with E-state index in [1.807, 2.05) is 30.3 Å². The Labute approximate surface area is 157 Å². The fourth-order valence-electron chi connectivity index (χ4n) is 3.15. The summed E-state index contributed by atoms with van der Waals surface area (Å²) in [4.78, 5) is 17.8. The average Bonchev–Trinajstić information content (AvgIpc) is 3.06. The molecule has 0 aliphatic carbocycles. The number of methoxy groups -OCH3 is 1. The molecule has 0 N–H and O–H groups in total. The number of ether oxygens (including phenoxy) is 1. The van der Waals surface area contributed by atoms with E-state index >= 15 is 0 Å². The van der Waals surface area contributed by atoms with Crippen LogP contribution in [0.5, 0.6) is 5.75 Å². The molecule has 8 heteroatoms. The number of hydrogen-bond donors (Lipinski definition) is 0. The van der Waals surface area contributed by atoms with Gasteiger partial charge in [0.2, 0.25) is 17.7 Å². The molecule has 1 aliphatic rings. The zero-order chi connectivity index (χ0) is 18.5. The molecule has 4 rings (SSSR count). The Morgan fingerprint density at radius 2 is 1.85 bits per heavy atom. The molecule has 1 saturated heterocycles. The van der Waals surface area contributed by atoms with Gasteiger partial charge in [-0.05, 0) is 36.8 Å². The van der Waals surface area contributed by atoms with Gasteiger partial charge >= 0.3 is 0 Å². The first-order valence-corrected chi connectivity index (χ1v) is 9.03. The molecule has 0 bridgehead atoms. The number of aromatic nitrogens is 4. The molecule has 0 spiro atoms. The van der Waals surface area contributed by atoms with Gasteiger partial charge in [0, 0.05) is 44.1 Å². The molecule has 0 unspecified atom stereocenters. The smallest absolute Gasteiger partial charge is 0.241 e. The molecule has 27 heavy (non-hydrogen) atoms. The van der Waals surface area contributed by atoms with Crippen LogP contribution in [0.25, 0.3) is 11.4 Å². The van der Waals surface area contributed by atoms with Crippen LogP contribution in [0.15, 0.2) is 47.2 Å². The fraction of sp³-hybridized carbons (Fsp3) is 0.368. The second-order valence-electron chi connectivity index (χ2n) is 6.41. The molecule has 0 amide bonds. The molecule has 8 nitrogen and oxygen atoms in total. The molecule has 0 radical (unpaired) electrons. The number of nitrogens with zero attached hydrogens (tertiary/aromatic N) is 6. The maximum Gasteiger partial charge on any atom is 0.241 e. The van der Waals surface area contributed by atoms with Crippen molar-refractivity contribution in [2.24, 2.45) is 0 Å². The minimum atomic E-state index is 0.599. The van der Waals surface area contributed by atoms with Gasteiger partial charge < -0.3 is 14.2 Å². The molecule has 1 aromatic carbocycles. The predicted octanol–water partition coefficient (Wildman–Crippen LogP) is 2.25. The van der Waals surface area contributed by atoms with Gasteiger partial charge in [-0.15, -0.1) is 0 Å². The number of hydrogen-bond acceptors (Lipinski definition) is 8. The van der Waals surface area contributed by atoms with E-state index < -0.39 is 0 Å². The molecule has 0 saturated carbocycles. The van der Waals surface area contributed by atoms with Crippen LogP contribution < -0.4 is 9.64 Å². The Morgan fingerprint density at radius 1 is 1.04 bits per heavy atom. The van der Waals surface area contributed by atoms with Crippen molar-refractivity contribution < 1.29 is 9.26 Å². The Hall–Kier alpha value is -3.00. The van der Waals surface area contributed by atoms with Gasteiger partial charge in [0.25, 0.3) is 0 Å².